The molecule has 0 saturated heterocycles. The van der Waals surface area contributed by atoms with Crippen molar-refractivity contribution in [1.29, 1.82) is 0 Å². The number of nitrogens with one attached hydrogen (secondary N) is 2. The number of rotatable bonds is 4. The number of aryl methyl sites for hydroxylation is 1. The molecule has 2 aromatic carbocycles. The average molecular weight is 393 g/mol. The van der Waals surface area contributed by atoms with Crippen LogP contribution in [0.1, 0.15) is 65.0 Å². The normalized spacial score (nSPS) is 13.6. The van der Waals surface area contributed by atoms with Crippen LogP contribution in [0.5, 0.6) is 0 Å². The summed E-state index contributed by atoms with van der Waals surface area (Å²) >= 11 is 0. The Bertz CT molecular complexity index is 1360. The van der Waals surface area contributed by atoms with Gasteiger partial charge in [-0.1, -0.05) is 62.1 Å². The minimum absolute atomic E-state index is 0.961. The van der Waals surface area contributed by atoms with Crippen molar-refractivity contribution in [3.63, 3.8) is 0 Å². The monoisotopic (exact) mass is 392 g/mol. The smallest absolute Gasteiger partial charge is 0.0503 e. The lowest BCUT2D eigenvalue weighted by atomic mass is 9.83. The molecule has 2 N–H and O–H groups in total. The quantitative estimate of drug-likeness (QED) is 0.316. The van der Waals surface area contributed by atoms with Crippen LogP contribution in [0.25, 0.3) is 40.0 Å². The lowest BCUT2D eigenvalue weighted by Gasteiger charge is -2.21. The van der Waals surface area contributed by atoms with Crippen LogP contribution >= 0.6 is 0 Å². The SMILES string of the molecule is C=Cc1c(/C=C\C)[nH]c2c3c(ccc12)Cc1c(ccc2c(/C=C\CC)c(C)[nH]c12)C3. The van der Waals surface area contributed by atoms with E-state index < -0.39 is 0 Å². The standard InChI is InChI=1S/C28H28N2/c1-5-8-10-21-17(4)29-27-23(21)14-12-18-16-25-19(15-24(18)27)11-13-22-20(7-3)26(9-6-2)30-28(22)25/h6-14,29-30H,3,5,15-16H2,1-2,4H3/b9-6-,10-8-. The van der Waals surface area contributed by atoms with Gasteiger partial charge in [-0.15, -0.1) is 0 Å². The first-order valence-corrected chi connectivity index (χ1v) is 10.9. The third kappa shape index (κ3) is 2.71. The second kappa shape index (κ2) is 7.21. The molecule has 0 radical (unpaired) electrons. The van der Waals surface area contributed by atoms with Crippen molar-refractivity contribution in [3.05, 3.63) is 87.8 Å². The number of aromatic nitrogens is 2. The summed E-state index contributed by atoms with van der Waals surface area (Å²) in [6.07, 6.45) is 13.7. The van der Waals surface area contributed by atoms with E-state index >= 15 is 0 Å². The van der Waals surface area contributed by atoms with Crippen molar-refractivity contribution in [1.82, 2.24) is 9.97 Å². The highest BCUT2D eigenvalue weighted by Crippen LogP contribution is 2.38. The Labute approximate surface area is 178 Å². The predicted octanol–water partition coefficient (Wildman–Crippen LogP) is 7.55. The van der Waals surface area contributed by atoms with E-state index in [0.29, 0.717) is 0 Å². The van der Waals surface area contributed by atoms with Crippen molar-refractivity contribution in [2.75, 3.05) is 0 Å². The molecule has 2 heterocycles. The van der Waals surface area contributed by atoms with Gasteiger partial charge in [0, 0.05) is 46.1 Å². The van der Waals surface area contributed by atoms with Gasteiger partial charge in [-0.05, 0) is 48.6 Å². The second-order valence-electron chi connectivity index (χ2n) is 8.24. The number of hydrogen-bond acceptors (Lipinski definition) is 0. The predicted molar refractivity (Wildman–Crippen MR) is 131 cm³/mol. The zero-order valence-electron chi connectivity index (χ0n) is 18.0. The Morgan fingerprint density at radius 3 is 2.13 bits per heavy atom. The Morgan fingerprint density at radius 2 is 1.53 bits per heavy atom. The Hall–Kier alpha value is -3.26. The van der Waals surface area contributed by atoms with Gasteiger partial charge in [-0.3, -0.25) is 0 Å². The fraction of sp³-hybridized carbons (Fsp3) is 0.214. The minimum Gasteiger partial charge on any atom is -0.358 e. The summed E-state index contributed by atoms with van der Waals surface area (Å²) < 4.78 is 0. The number of benzene rings is 2. The van der Waals surface area contributed by atoms with Crippen LogP contribution in [-0.2, 0) is 12.8 Å². The average Bonchev–Trinajstić information content (AvgIpc) is 3.27. The van der Waals surface area contributed by atoms with Gasteiger partial charge in [-0.2, -0.15) is 0 Å². The molecule has 0 unspecified atom stereocenters. The molecule has 2 nitrogen and oxygen atoms in total. The van der Waals surface area contributed by atoms with Gasteiger partial charge in [0.1, 0.15) is 0 Å². The Kier molecular flexibility index (Phi) is 4.51. The molecular formula is C28H28N2. The molecule has 1 aliphatic carbocycles. The molecule has 0 aliphatic heterocycles. The largest absolute Gasteiger partial charge is 0.358 e. The van der Waals surface area contributed by atoms with E-state index in [0.717, 1.165) is 25.0 Å². The summed E-state index contributed by atoms with van der Waals surface area (Å²) in [5.41, 5.74) is 13.2. The zero-order chi connectivity index (χ0) is 20.8. The molecular weight excluding hydrogens is 364 g/mol. The molecule has 0 bridgehead atoms. The summed E-state index contributed by atoms with van der Waals surface area (Å²) in [5.74, 6) is 0. The maximum Gasteiger partial charge on any atom is 0.0503 e. The van der Waals surface area contributed by atoms with Crippen molar-refractivity contribution in [2.45, 2.75) is 40.0 Å². The number of aromatic amines is 2. The summed E-state index contributed by atoms with van der Waals surface area (Å²) in [6.45, 7) is 10.5. The van der Waals surface area contributed by atoms with Gasteiger partial charge >= 0.3 is 0 Å². The first-order valence-electron chi connectivity index (χ1n) is 10.9. The topological polar surface area (TPSA) is 31.6 Å². The summed E-state index contributed by atoms with van der Waals surface area (Å²) in [4.78, 5) is 7.36. The molecule has 0 amide bonds. The van der Waals surface area contributed by atoms with Gasteiger partial charge in [0.25, 0.3) is 0 Å². The van der Waals surface area contributed by atoms with Crippen LogP contribution in [0.2, 0.25) is 0 Å². The fourth-order valence-electron chi connectivity index (χ4n) is 5.00. The lowest BCUT2D eigenvalue weighted by molar-refractivity contribution is 1.02. The van der Waals surface area contributed by atoms with E-state index in [1.807, 2.05) is 6.08 Å². The maximum atomic E-state index is 4.05. The van der Waals surface area contributed by atoms with Gasteiger partial charge in [0.2, 0.25) is 0 Å². The minimum atomic E-state index is 0.961. The summed E-state index contributed by atoms with van der Waals surface area (Å²) in [6, 6.07) is 9.20. The van der Waals surface area contributed by atoms with Crippen LogP contribution in [0.15, 0.2) is 43.0 Å². The van der Waals surface area contributed by atoms with Crippen molar-refractivity contribution in [2.24, 2.45) is 0 Å². The number of H-pyrrole nitrogens is 2. The van der Waals surface area contributed by atoms with Gasteiger partial charge in [0.15, 0.2) is 0 Å². The van der Waals surface area contributed by atoms with E-state index in [-0.39, 0.29) is 0 Å². The number of hydrogen-bond donors (Lipinski definition) is 2. The third-order valence-corrected chi connectivity index (χ3v) is 6.46. The summed E-state index contributed by atoms with van der Waals surface area (Å²) in [7, 11) is 0. The molecule has 30 heavy (non-hydrogen) atoms. The van der Waals surface area contributed by atoms with E-state index in [9.17, 15) is 0 Å². The van der Waals surface area contributed by atoms with E-state index in [1.165, 1.54) is 60.9 Å². The highest BCUT2D eigenvalue weighted by molar-refractivity contribution is 5.97. The third-order valence-electron chi connectivity index (χ3n) is 6.46. The van der Waals surface area contributed by atoms with Gasteiger partial charge < -0.3 is 9.97 Å². The van der Waals surface area contributed by atoms with E-state index in [4.69, 9.17) is 0 Å². The molecule has 2 heteroatoms. The lowest BCUT2D eigenvalue weighted by Crippen LogP contribution is -2.08. The highest BCUT2D eigenvalue weighted by Gasteiger charge is 2.23. The zero-order valence-corrected chi connectivity index (χ0v) is 18.0. The molecule has 5 rings (SSSR count). The first kappa shape index (κ1) is 18.7. The van der Waals surface area contributed by atoms with Gasteiger partial charge in [-0.25, -0.2) is 0 Å². The molecule has 0 saturated carbocycles. The molecule has 4 aromatic rings. The van der Waals surface area contributed by atoms with E-state index in [2.05, 4.69) is 85.9 Å². The molecule has 1 aliphatic rings. The number of allylic oxidation sites excluding steroid dienone is 2. The summed E-state index contributed by atoms with van der Waals surface area (Å²) in [5, 5.41) is 2.61. The van der Waals surface area contributed by atoms with Crippen molar-refractivity contribution < 1.29 is 0 Å². The molecule has 2 aromatic heterocycles. The van der Waals surface area contributed by atoms with Crippen LogP contribution in [0.3, 0.4) is 0 Å². The molecule has 0 atom stereocenters. The van der Waals surface area contributed by atoms with Crippen LogP contribution in [0, 0.1) is 6.92 Å². The molecule has 0 fully saturated rings. The van der Waals surface area contributed by atoms with Crippen molar-refractivity contribution >= 4 is 40.0 Å². The van der Waals surface area contributed by atoms with Crippen LogP contribution in [0.4, 0.5) is 0 Å². The highest BCUT2D eigenvalue weighted by atomic mass is 14.7. The second-order valence-corrected chi connectivity index (χ2v) is 8.24. The fourth-order valence-corrected chi connectivity index (χ4v) is 5.00. The van der Waals surface area contributed by atoms with Crippen LogP contribution in [-0.4, -0.2) is 9.97 Å². The van der Waals surface area contributed by atoms with E-state index in [1.54, 1.807) is 0 Å². The Balaban J connectivity index is 1.68. The molecule has 0 spiro atoms. The maximum absolute atomic E-state index is 4.05. The molecule has 150 valence electrons. The first-order chi connectivity index (χ1) is 14.7. The van der Waals surface area contributed by atoms with Gasteiger partial charge in [0.05, 0.1) is 11.0 Å². The van der Waals surface area contributed by atoms with Crippen LogP contribution < -0.4 is 0 Å². The van der Waals surface area contributed by atoms with Crippen molar-refractivity contribution in [3.8, 4) is 0 Å². The number of fused-ring (bicyclic) bond motifs is 6. The Morgan fingerprint density at radius 1 is 0.900 bits per heavy atom.